The number of benzene rings is 1. The maximum Gasteiger partial charge on any atom is 0.158 e. The third-order valence-electron chi connectivity index (χ3n) is 2.77. The van der Waals surface area contributed by atoms with Gasteiger partial charge in [0.15, 0.2) is 6.29 Å². The molecule has 2 N–H and O–H groups in total. The van der Waals surface area contributed by atoms with Gasteiger partial charge >= 0.3 is 0 Å². The Kier molecular flexibility index (Phi) is 8.41. The smallest absolute Gasteiger partial charge is 0.158 e. The van der Waals surface area contributed by atoms with E-state index in [4.69, 9.17) is 14.6 Å². The Morgan fingerprint density at radius 1 is 1.16 bits per heavy atom. The van der Waals surface area contributed by atoms with Crippen LogP contribution in [0.25, 0.3) is 0 Å². The van der Waals surface area contributed by atoms with Gasteiger partial charge in [-0.05, 0) is 25.0 Å². The lowest BCUT2D eigenvalue weighted by Gasteiger charge is -2.17. The monoisotopic (exact) mass is 267 g/mol. The van der Waals surface area contributed by atoms with E-state index in [1.165, 1.54) is 5.56 Å². The van der Waals surface area contributed by atoms with Crippen LogP contribution >= 0.6 is 0 Å². The van der Waals surface area contributed by atoms with E-state index in [9.17, 15) is 0 Å². The zero-order valence-corrected chi connectivity index (χ0v) is 11.9. The average Bonchev–Trinajstić information content (AvgIpc) is 2.44. The Morgan fingerprint density at radius 2 is 1.84 bits per heavy atom. The second kappa shape index (κ2) is 9.92. The van der Waals surface area contributed by atoms with Crippen molar-refractivity contribution in [2.45, 2.75) is 39.7 Å². The summed E-state index contributed by atoms with van der Waals surface area (Å²) in [6.45, 7) is 7.00. The minimum absolute atomic E-state index is 0.0879. The number of hydrogen-bond acceptors (Lipinski definition) is 4. The van der Waals surface area contributed by atoms with Crippen LogP contribution in [0.2, 0.25) is 0 Å². The van der Waals surface area contributed by atoms with E-state index in [0.717, 1.165) is 25.1 Å². The lowest BCUT2D eigenvalue weighted by Crippen LogP contribution is -2.24. The van der Waals surface area contributed by atoms with Crippen LogP contribution in [-0.4, -0.2) is 31.2 Å². The molecule has 0 aliphatic heterocycles. The van der Waals surface area contributed by atoms with Crippen LogP contribution in [0.5, 0.6) is 0 Å². The third-order valence-corrected chi connectivity index (χ3v) is 2.77. The first kappa shape index (κ1) is 16.1. The number of nitrogens with one attached hydrogen (secondary N) is 1. The molecule has 0 aromatic heterocycles. The molecule has 0 aliphatic rings. The normalized spacial score (nSPS) is 11.2. The zero-order chi connectivity index (χ0) is 13.9. The maximum atomic E-state index is 9.07. The molecule has 0 unspecified atom stereocenters. The molecule has 1 aromatic rings. The van der Waals surface area contributed by atoms with Crippen molar-refractivity contribution in [3.8, 4) is 0 Å². The summed E-state index contributed by atoms with van der Waals surface area (Å²) in [5, 5.41) is 12.4. The van der Waals surface area contributed by atoms with E-state index in [-0.39, 0.29) is 12.9 Å². The Labute approximate surface area is 115 Å². The van der Waals surface area contributed by atoms with E-state index in [1.807, 2.05) is 32.0 Å². The van der Waals surface area contributed by atoms with Crippen LogP contribution < -0.4 is 5.32 Å². The standard InChI is InChI=1S/C15H25NO3/c1-3-18-15(19-4-2)8-9-16-11-13-6-5-7-14(10-13)12-17/h5-7,10,15-17H,3-4,8-9,11-12H2,1-2H3. The van der Waals surface area contributed by atoms with Crippen molar-refractivity contribution in [3.05, 3.63) is 35.4 Å². The number of aliphatic hydroxyl groups excluding tert-OH is 1. The summed E-state index contributed by atoms with van der Waals surface area (Å²) in [4.78, 5) is 0. The number of ether oxygens (including phenoxy) is 2. The second-order valence-corrected chi connectivity index (χ2v) is 4.28. The van der Waals surface area contributed by atoms with Crippen LogP contribution in [0.1, 0.15) is 31.4 Å². The summed E-state index contributed by atoms with van der Waals surface area (Å²) >= 11 is 0. The molecule has 0 atom stereocenters. The van der Waals surface area contributed by atoms with E-state index >= 15 is 0 Å². The van der Waals surface area contributed by atoms with E-state index < -0.39 is 0 Å². The van der Waals surface area contributed by atoms with Gasteiger partial charge in [0.2, 0.25) is 0 Å². The quantitative estimate of drug-likeness (QED) is 0.503. The van der Waals surface area contributed by atoms with Gasteiger partial charge in [-0.25, -0.2) is 0 Å². The topological polar surface area (TPSA) is 50.7 Å². The van der Waals surface area contributed by atoms with Crippen LogP contribution in [0.15, 0.2) is 24.3 Å². The van der Waals surface area contributed by atoms with Crippen molar-refractivity contribution in [3.63, 3.8) is 0 Å². The summed E-state index contributed by atoms with van der Waals surface area (Å²) in [6.07, 6.45) is 0.716. The molecule has 0 saturated heterocycles. The van der Waals surface area contributed by atoms with Crippen LogP contribution in [0, 0.1) is 0 Å². The van der Waals surface area contributed by atoms with Crippen LogP contribution in [0.4, 0.5) is 0 Å². The van der Waals surface area contributed by atoms with Gasteiger partial charge in [0.25, 0.3) is 0 Å². The first-order chi connectivity index (χ1) is 9.30. The molecule has 0 radical (unpaired) electrons. The zero-order valence-electron chi connectivity index (χ0n) is 11.9. The lowest BCUT2D eigenvalue weighted by molar-refractivity contribution is -0.138. The van der Waals surface area contributed by atoms with Gasteiger partial charge in [-0.2, -0.15) is 0 Å². The molecule has 0 aliphatic carbocycles. The molecular weight excluding hydrogens is 242 g/mol. The SMILES string of the molecule is CCOC(CCNCc1cccc(CO)c1)OCC. The highest BCUT2D eigenvalue weighted by Crippen LogP contribution is 2.05. The highest BCUT2D eigenvalue weighted by atomic mass is 16.7. The third kappa shape index (κ3) is 6.68. The summed E-state index contributed by atoms with van der Waals surface area (Å²) in [7, 11) is 0. The molecule has 1 aromatic carbocycles. The lowest BCUT2D eigenvalue weighted by atomic mass is 10.1. The molecule has 0 saturated carbocycles. The molecular formula is C15H25NO3. The van der Waals surface area contributed by atoms with E-state index in [1.54, 1.807) is 0 Å². The van der Waals surface area contributed by atoms with Gasteiger partial charge in [0.05, 0.1) is 6.61 Å². The Morgan fingerprint density at radius 3 is 2.47 bits per heavy atom. The Bertz CT molecular complexity index is 338. The molecule has 4 heteroatoms. The number of aliphatic hydroxyl groups is 1. The highest BCUT2D eigenvalue weighted by Gasteiger charge is 2.06. The molecule has 1 rings (SSSR count). The molecule has 0 heterocycles. The van der Waals surface area contributed by atoms with Crippen molar-refractivity contribution in [1.29, 1.82) is 0 Å². The minimum Gasteiger partial charge on any atom is -0.392 e. The number of hydrogen-bond donors (Lipinski definition) is 2. The molecule has 0 bridgehead atoms. The molecule has 19 heavy (non-hydrogen) atoms. The predicted molar refractivity (Wildman–Crippen MR) is 75.7 cm³/mol. The summed E-state index contributed by atoms with van der Waals surface area (Å²) in [5.74, 6) is 0. The van der Waals surface area contributed by atoms with Gasteiger partial charge in [-0.15, -0.1) is 0 Å². The van der Waals surface area contributed by atoms with E-state index in [2.05, 4.69) is 11.4 Å². The first-order valence-electron chi connectivity index (χ1n) is 6.92. The summed E-state index contributed by atoms with van der Waals surface area (Å²) in [5.41, 5.74) is 2.12. The first-order valence-corrected chi connectivity index (χ1v) is 6.92. The van der Waals surface area contributed by atoms with Crippen molar-refractivity contribution in [1.82, 2.24) is 5.32 Å². The average molecular weight is 267 g/mol. The van der Waals surface area contributed by atoms with Gasteiger partial charge in [-0.1, -0.05) is 24.3 Å². The van der Waals surface area contributed by atoms with Gasteiger partial charge < -0.3 is 19.9 Å². The van der Waals surface area contributed by atoms with Gasteiger partial charge in [0, 0.05) is 32.7 Å². The predicted octanol–water partition coefficient (Wildman–Crippen LogP) is 2.06. The van der Waals surface area contributed by atoms with Crippen molar-refractivity contribution >= 4 is 0 Å². The number of rotatable bonds is 10. The molecule has 4 nitrogen and oxygen atoms in total. The highest BCUT2D eigenvalue weighted by molar-refractivity contribution is 5.22. The molecule has 0 amide bonds. The van der Waals surface area contributed by atoms with Crippen molar-refractivity contribution in [2.75, 3.05) is 19.8 Å². The summed E-state index contributed by atoms with van der Waals surface area (Å²) < 4.78 is 11.0. The minimum atomic E-state index is -0.119. The molecule has 108 valence electrons. The van der Waals surface area contributed by atoms with Crippen molar-refractivity contribution in [2.24, 2.45) is 0 Å². The fourth-order valence-electron chi connectivity index (χ4n) is 1.88. The Hall–Kier alpha value is -0.940. The fraction of sp³-hybridized carbons (Fsp3) is 0.600. The van der Waals surface area contributed by atoms with Crippen molar-refractivity contribution < 1.29 is 14.6 Å². The van der Waals surface area contributed by atoms with Crippen LogP contribution in [-0.2, 0) is 22.6 Å². The van der Waals surface area contributed by atoms with Gasteiger partial charge in [-0.3, -0.25) is 0 Å². The van der Waals surface area contributed by atoms with E-state index in [0.29, 0.717) is 13.2 Å². The molecule has 0 fully saturated rings. The molecule has 0 spiro atoms. The maximum absolute atomic E-state index is 9.07. The van der Waals surface area contributed by atoms with Crippen LogP contribution in [0.3, 0.4) is 0 Å². The van der Waals surface area contributed by atoms with Gasteiger partial charge in [0.1, 0.15) is 0 Å². The largest absolute Gasteiger partial charge is 0.392 e. The summed E-state index contributed by atoms with van der Waals surface area (Å²) in [6, 6.07) is 7.94. The fourth-order valence-corrected chi connectivity index (χ4v) is 1.88. The second-order valence-electron chi connectivity index (χ2n) is 4.28. The Balaban J connectivity index is 2.25.